The van der Waals surface area contributed by atoms with Crippen LogP contribution in [0, 0.1) is 16.7 Å². The van der Waals surface area contributed by atoms with E-state index in [9.17, 15) is 26.3 Å². The van der Waals surface area contributed by atoms with Gasteiger partial charge in [0.1, 0.15) is 5.76 Å². The zero-order valence-corrected chi connectivity index (χ0v) is 17.6. The molecule has 0 saturated heterocycles. The van der Waals surface area contributed by atoms with Gasteiger partial charge in [0.05, 0.1) is 13.7 Å². The Morgan fingerprint density at radius 1 is 1.07 bits per heavy atom. The minimum Gasteiger partial charge on any atom is -0.497 e. The predicted molar refractivity (Wildman–Crippen MR) is 103 cm³/mol. The lowest BCUT2D eigenvalue weighted by Gasteiger charge is -2.43. The quantitative estimate of drug-likeness (QED) is 0.402. The van der Waals surface area contributed by atoms with Gasteiger partial charge in [-0.25, -0.2) is 0 Å². The second-order valence-corrected chi connectivity index (χ2v) is 8.50. The third-order valence-corrected chi connectivity index (χ3v) is 6.00. The SMILES string of the molecule is COCC1=CC(CC(CC2(C)C=CC(OC)=CC2)(C(F)(F)F)C(F)(F)F)=CCC1C. The number of allylic oxidation sites excluding steroid dienone is 6. The fourth-order valence-corrected chi connectivity index (χ4v) is 4.09. The molecule has 0 fully saturated rings. The van der Waals surface area contributed by atoms with Crippen molar-refractivity contribution >= 4 is 0 Å². The molecule has 0 saturated carbocycles. The van der Waals surface area contributed by atoms with Crippen molar-refractivity contribution in [1.29, 1.82) is 0 Å². The summed E-state index contributed by atoms with van der Waals surface area (Å²) >= 11 is 0. The Balaban J connectivity index is 2.46. The number of hydrogen-bond donors (Lipinski definition) is 0. The van der Waals surface area contributed by atoms with Crippen LogP contribution < -0.4 is 0 Å². The van der Waals surface area contributed by atoms with Crippen LogP contribution >= 0.6 is 0 Å². The van der Waals surface area contributed by atoms with Crippen LogP contribution in [0.2, 0.25) is 0 Å². The standard InChI is InChI=1S/C22H28F6O2/c1-15-5-6-16(11-17(15)13-29-3)12-20(21(23,24)25,22(26,27)28)14-19(2)9-7-18(30-4)8-10-19/h6-9,11,15H,5,10,12-14H2,1-4H3. The summed E-state index contributed by atoms with van der Waals surface area (Å²) in [5.74, 6) is 0.435. The molecule has 30 heavy (non-hydrogen) atoms. The average Bonchev–Trinajstić information content (AvgIpc) is 2.63. The number of hydrogen-bond acceptors (Lipinski definition) is 2. The summed E-state index contributed by atoms with van der Waals surface area (Å²) in [6.07, 6.45) is -5.50. The van der Waals surface area contributed by atoms with Crippen molar-refractivity contribution in [2.24, 2.45) is 16.7 Å². The molecule has 2 rings (SSSR count). The highest BCUT2D eigenvalue weighted by Crippen LogP contribution is 2.60. The summed E-state index contributed by atoms with van der Waals surface area (Å²) in [4.78, 5) is 0. The number of ether oxygens (including phenoxy) is 2. The first kappa shape index (κ1) is 24.6. The van der Waals surface area contributed by atoms with Crippen molar-refractivity contribution < 1.29 is 35.8 Å². The first-order chi connectivity index (χ1) is 13.8. The second kappa shape index (κ2) is 8.81. The summed E-state index contributed by atoms with van der Waals surface area (Å²) in [5.41, 5.74) is -4.43. The van der Waals surface area contributed by atoms with Crippen LogP contribution in [-0.2, 0) is 9.47 Å². The van der Waals surface area contributed by atoms with Gasteiger partial charge in [-0.2, -0.15) is 26.3 Å². The molecule has 2 unspecified atom stereocenters. The minimum atomic E-state index is -5.47. The van der Waals surface area contributed by atoms with E-state index < -0.39 is 36.0 Å². The van der Waals surface area contributed by atoms with E-state index in [4.69, 9.17) is 9.47 Å². The molecule has 2 atom stereocenters. The zero-order chi connectivity index (χ0) is 22.8. The Morgan fingerprint density at radius 3 is 2.17 bits per heavy atom. The first-order valence-corrected chi connectivity index (χ1v) is 9.72. The maximum Gasteiger partial charge on any atom is 0.403 e. The highest BCUT2D eigenvalue weighted by atomic mass is 19.4. The van der Waals surface area contributed by atoms with Crippen LogP contribution in [-0.4, -0.2) is 33.2 Å². The summed E-state index contributed by atoms with van der Waals surface area (Å²) in [7, 11) is 2.84. The van der Waals surface area contributed by atoms with Crippen LogP contribution in [0.15, 0.2) is 47.3 Å². The molecule has 0 spiro atoms. The van der Waals surface area contributed by atoms with Gasteiger partial charge in [0.2, 0.25) is 0 Å². The number of rotatable bonds is 7. The smallest absolute Gasteiger partial charge is 0.403 e. The molecule has 0 N–H and O–H groups in total. The first-order valence-electron chi connectivity index (χ1n) is 9.72. The molecular weight excluding hydrogens is 410 g/mol. The largest absolute Gasteiger partial charge is 0.497 e. The van der Waals surface area contributed by atoms with E-state index in [0.29, 0.717) is 17.8 Å². The van der Waals surface area contributed by atoms with Crippen LogP contribution in [0.1, 0.15) is 39.5 Å². The lowest BCUT2D eigenvalue weighted by atomic mass is 9.65. The fourth-order valence-electron chi connectivity index (χ4n) is 4.09. The fraction of sp³-hybridized carbons (Fsp3) is 0.636. The summed E-state index contributed by atoms with van der Waals surface area (Å²) in [6, 6.07) is 0. The van der Waals surface area contributed by atoms with Gasteiger partial charge >= 0.3 is 12.4 Å². The van der Waals surface area contributed by atoms with Crippen molar-refractivity contribution in [3.8, 4) is 0 Å². The third-order valence-electron chi connectivity index (χ3n) is 6.00. The van der Waals surface area contributed by atoms with Crippen molar-refractivity contribution in [2.45, 2.75) is 51.9 Å². The zero-order valence-electron chi connectivity index (χ0n) is 17.6. The highest BCUT2D eigenvalue weighted by molar-refractivity contribution is 5.32. The summed E-state index contributed by atoms with van der Waals surface area (Å²) < 4.78 is 95.0. The minimum absolute atomic E-state index is 0.0104. The molecule has 2 nitrogen and oxygen atoms in total. The summed E-state index contributed by atoms with van der Waals surface area (Å²) in [6.45, 7) is 3.46. The van der Waals surface area contributed by atoms with Gasteiger partial charge in [-0.3, -0.25) is 0 Å². The van der Waals surface area contributed by atoms with E-state index in [-0.39, 0.29) is 24.5 Å². The Bertz CT molecular complexity index is 728. The van der Waals surface area contributed by atoms with Crippen LogP contribution in [0.4, 0.5) is 26.3 Å². The van der Waals surface area contributed by atoms with E-state index in [1.54, 1.807) is 0 Å². The number of methoxy groups -OCH3 is 2. The highest BCUT2D eigenvalue weighted by Gasteiger charge is 2.71. The van der Waals surface area contributed by atoms with Crippen LogP contribution in [0.3, 0.4) is 0 Å². The molecule has 0 aromatic rings. The molecule has 0 radical (unpaired) electrons. The molecule has 2 aliphatic carbocycles. The lowest BCUT2D eigenvalue weighted by Crippen LogP contribution is -2.52. The maximum atomic E-state index is 14.2. The topological polar surface area (TPSA) is 18.5 Å². The van der Waals surface area contributed by atoms with Crippen LogP contribution in [0.25, 0.3) is 0 Å². The molecule has 0 aromatic carbocycles. The normalized spacial score (nSPS) is 25.5. The van der Waals surface area contributed by atoms with E-state index in [1.165, 1.54) is 51.5 Å². The molecule has 0 bridgehead atoms. The monoisotopic (exact) mass is 438 g/mol. The van der Waals surface area contributed by atoms with E-state index in [1.807, 2.05) is 6.92 Å². The van der Waals surface area contributed by atoms with E-state index >= 15 is 0 Å². The van der Waals surface area contributed by atoms with Gasteiger partial charge in [-0.15, -0.1) is 0 Å². The van der Waals surface area contributed by atoms with Crippen molar-refractivity contribution in [2.75, 3.05) is 20.8 Å². The van der Waals surface area contributed by atoms with Gasteiger partial charge in [0.15, 0.2) is 5.41 Å². The predicted octanol–water partition coefficient (Wildman–Crippen LogP) is 6.91. The Hall–Kier alpha value is -1.70. The molecule has 170 valence electrons. The van der Waals surface area contributed by atoms with Gasteiger partial charge in [0, 0.05) is 7.11 Å². The lowest BCUT2D eigenvalue weighted by molar-refractivity contribution is -0.348. The Morgan fingerprint density at radius 2 is 1.70 bits per heavy atom. The third kappa shape index (κ3) is 5.13. The summed E-state index contributed by atoms with van der Waals surface area (Å²) in [5, 5.41) is 0. The van der Waals surface area contributed by atoms with Gasteiger partial charge in [-0.05, 0) is 54.7 Å². The molecular formula is C22H28F6O2. The Kier molecular flexibility index (Phi) is 7.21. The molecule has 0 amide bonds. The molecule has 2 aliphatic rings. The van der Waals surface area contributed by atoms with Gasteiger partial charge < -0.3 is 9.47 Å². The van der Waals surface area contributed by atoms with Crippen molar-refractivity contribution in [3.05, 3.63) is 47.3 Å². The molecule has 0 heterocycles. The van der Waals surface area contributed by atoms with Gasteiger partial charge in [-0.1, -0.05) is 37.6 Å². The molecule has 0 aromatic heterocycles. The Labute approximate surface area is 173 Å². The number of halogens is 6. The van der Waals surface area contributed by atoms with E-state index in [0.717, 1.165) is 0 Å². The van der Waals surface area contributed by atoms with Crippen LogP contribution in [0.5, 0.6) is 0 Å². The number of alkyl halides is 6. The molecule has 8 heteroatoms. The van der Waals surface area contributed by atoms with Crippen molar-refractivity contribution in [1.82, 2.24) is 0 Å². The second-order valence-electron chi connectivity index (χ2n) is 8.50. The molecule has 0 aliphatic heterocycles. The van der Waals surface area contributed by atoms with Gasteiger partial charge in [0.25, 0.3) is 0 Å². The average molecular weight is 438 g/mol. The van der Waals surface area contributed by atoms with Crippen molar-refractivity contribution in [3.63, 3.8) is 0 Å². The van der Waals surface area contributed by atoms with E-state index in [2.05, 4.69) is 0 Å². The maximum absolute atomic E-state index is 14.2.